The van der Waals surface area contributed by atoms with E-state index in [1.54, 1.807) is 0 Å². The molecule has 2 aromatic rings. The van der Waals surface area contributed by atoms with Crippen molar-refractivity contribution in [1.82, 2.24) is 4.98 Å². The highest BCUT2D eigenvalue weighted by Crippen LogP contribution is 2.34. The molecule has 0 saturated carbocycles. The zero-order chi connectivity index (χ0) is 15.6. The molecule has 0 aliphatic heterocycles. The van der Waals surface area contributed by atoms with Crippen LogP contribution in [-0.2, 0) is 11.3 Å². The smallest absolute Gasteiger partial charge is 0.219 e. The average molecular weight is 304 g/mol. The molecule has 0 fully saturated rings. The van der Waals surface area contributed by atoms with Gasteiger partial charge in [0.25, 0.3) is 0 Å². The van der Waals surface area contributed by atoms with Crippen LogP contribution in [0.4, 0.5) is 0 Å². The minimum atomic E-state index is 0.0160. The summed E-state index contributed by atoms with van der Waals surface area (Å²) in [5, 5.41) is 0. The third-order valence-corrected chi connectivity index (χ3v) is 3.61. The van der Waals surface area contributed by atoms with Crippen molar-refractivity contribution in [2.75, 3.05) is 0 Å². The monoisotopic (exact) mass is 303 g/mol. The first-order valence-corrected chi connectivity index (χ1v) is 7.65. The normalized spacial score (nSPS) is 11.5. The van der Waals surface area contributed by atoms with E-state index in [1.165, 1.54) is 11.1 Å². The van der Waals surface area contributed by atoms with Crippen LogP contribution < -0.4 is 4.74 Å². The van der Waals surface area contributed by atoms with E-state index >= 15 is 0 Å². The van der Waals surface area contributed by atoms with Crippen LogP contribution in [0.25, 0.3) is 0 Å². The molecular formula is C18H22ClNO. The van der Waals surface area contributed by atoms with Gasteiger partial charge in [0.1, 0.15) is 5.75 Å². The number of nitrogens with zero attached hydrogens (tertiary/aromatic N) is 1. The van der Waals surface area contributed by atoms with Gasteiger partial charge in [0.15, 0.2) is 0 Å². The zero-order valence-electron chi connectivity index (χ0n) is 13.3. The molecule has 3 heteroatoms. The van der Waals surface area contributed by atoms with Crippen molar-refractivity contribution in [1.29, 1.82) is 0 Å². The third-order valence-electron chi connectivity index (χ3n) is 3.30. The summed E-state index contributed by atoms with van der Waals surface area (Å²) in [7, 11) is 0. The first kappa shape index (κ1) is 15.8. The molecular weight excluding hydrogens is 282 g/mol. The Bertz CT molecular complexity index is 644. The fourth-order valence-corrected chi connectivity index (χ4v) is 2.44. The molecule has 0 radical (unpaired) electrons. The van der Waals surface area contributed by atoms with E-state index in [0.29, 0.717) is 11.8 Å². The van der Waals surface area contributed by atoms with Crippen molar-refractivity contribution in [3.05, 3.63) is 52.7 Å². The van der Waals surface area contributed by atoms with Crippen molar-refractivity contribution in [2.24, 2.45) is 0 Å². The second kappa shape index (κ2) is 6.07. The second-order valence-corrected chi connectivity index (χ2v) is 6.71. The highest BCUT2D eigenvalue weighted by Gasteiger charge is 2.19. The molecule has 0 amide bonds. The Kier molecular flexibility index (Phi) is 4.58. The number of pyridine rings is 1. The molecule has 0 atom stereocenters. The fourth-order valence-electron chi connectivity index (χ4n) is 2.28. The molecule has 0 aliphatic carbocycles. The molecule has 0 unspecified atom stereocenters. The van der Waals surface area contributed by atoms with Crippen LogP contribution in [0.5, 0.6) is 11.6 Å². The van der Waals surface area contributed by atoms with Gasteiger partial charge in [-0.25, -0.2) is 4.98 Å². The predicted molar refractivity (Wildman–Crippen MR) is 88.5 cm³/mol. The number of hydrogen-bond acceptors (Lipinski definition) is 2. The summed E-state index contributed by atoms with van der Waals surface area (Å²) < 4.78 is 6.07. The quantitative estimate of drug-likeness (QED) is 0.696. The van der Waals surface area contributed by atoms with Crippen molar-refractivity contribution >= 4 is 11.6 Å². The molecule has 1 aromatic heterocycles. The Balaban J connectivity index is 2.44. The maximum absolute atomic E-state index is 6.07. The van der Waals surface area contributed by atoms with E-state index in [1.807, 2.05) is 19.1 Å². The highest BCUT2D eigenvalue weighted by molar-refractivity contribution is 6.17. The van der Waals surface area contributed by atoms with Gasteiger partial charge in [-0.05, 0) is 42.5 Å². The standard InChI is InChI=1S/C18H22ClNO/c1-12-6-7-15(18(3,4)5)16(8-12)21-17-10-14(11-19)9-13(2)20-17/h6-10H,11H2,1-5H3. The Hall–Kier alpha value is -1.54. The van der Waals surface area contributed by atoms with Gasteiger partial charge in [-0.2, -0.15) is 0 Å². The first-order valence-electron chi connectivity index (χ1n) is 7.12. The number of alkyl halides is 1. The molecule has 1 heterocycles. The molecule has 1 aromatic carbocycles. The highest BCUT2D eigenvalue weighted by atomic mass is 35.5. The summed E-state index contributed by atoms with van der Waals surface area (Å²) in [4.78, 5) is 4.45. The SMILES string of the molecule is Cc1ccc(C(C)(C)C)c(Oc2cc(CCl)cc(C)n2)c1. The second-order valence-electron chi connectivity index (χ2n) is 6.44. The molecule has 0 N–H and O–H groups in total. The molecule has 2 rings (SSSR count). The number of rotatable bonds is 3. The number of hydrogen-bond donors (Lipinski definition) is 0. The summed E-state index contributed by atoms with van der Waals surface area (Å²) in [5.74, 6) is 1.92. The first-order chi connectivity index (χ1) is 9.79. The lowest BCUT2D eigenvalue weighted by Gasteiger charge is -2.23. The predicted octanol–water partition coefficient (Wildman–Crippen LogP) is 5.53. The Morgan fingerprint density at radius 1 is 1.10 bits per heavy atom. The van der Waals surface area contributed by atoms with Gasteiger partial charge in [-0.3, -0.25) is 0 Å². The molecule has 21 heavy (non-hydrogen) atoms. The van der Waals surface area contributed by atoms with Gasteiger partial charge in [0.05, 0.1) is 0 Å². The summed E-state index contributed by atoms with van der Waals surface area (Å²) in [6.07, 6.45) is 0. The lowest BCUT2D eigenvalue weighted by molar-refractivity contribution is 0.438. The lowest BCUT2D eigenvalue weighted by Crippen LogP contribution is -2.12. The zero-order valence-corrected chi connectivity index (χ0v) is 14.1. The lowest BCUT2D eigenvalue weighted by atomic mass is 9.86. The van der Waals surface area contributed by atoms with Gasteiger partial charge in [-0.15, -0.1) is 11.6 Å². The topological polar surface area (TPSA) is 22.1 Å². The van der Waals surface area contributed by atoms with Gasteiger partial charge >= 0.3 is 0 Å². The largest absolute Gasteiger partial charge is 0.439 e. The molecule has 0 spiro atoms. The molecule has 0 saturated heterocycles. The minimum absolute atomic E-state index is 0.0160. The minimum Gasteiger partial charge on any atom is -0.439 e. The summed E-state index contributed by atoms with van der Waals surface area (Å²) in [6.45, 7) is 10.5. The van der Waals surface area contributed by atoms with Crippen LogP contribution in [0.2, 0.25) is 0 Å². The van der Waals surface area contributed by atoms with Crippen LogP contribution in [-0.4, -0.2) is 4.98 Å². The van der Waals surface area contributed by atoms with E-state index in [0.717, 1.165) is 17.0 Å². The average Bonchev–Trinajstić information content (AvgIpc) is 2.36. The summed E-state index contributed by atoms with van der Waals surface area (Å²) in [6, 6.07) is 10.2. The van der Waals surface area contributed by atoms with Gasteiger partial charge in [0.2, 0.25) is 5.88 Å². The molecule has 112 valence electrons. The van der Waals surface area contributed by atoms with Gasteiger partial charge < -0.3 is 4.74 Å². The van der Waals surface area contributed by atoms with E-state index in [9.17, 15) is 0 Å². The van der Waals surface area contributed by atoms with Crippen molar-refractivity contribution in [3.8, 4) is 11.6 Å². The van der Waals surface area contributed by atoms with Crippen molar-refractivity contribution in [2.45, 2.75) is 45.9 Å². The summed E-state index contributed by atoms with van der Waals surface area (Å²) >= 11 is 5.92. The molecule has 2 nitrogen and oxygen atoms in total. The van der Waals surface area contributed by atoms with Crippen molar-refractivity contribution < 1.29 is 4.74 Å². The van der Waals surface area contributed by atoms with E-state index in [2.05, 4.69) is 50.9 Å². The van der Waals surface area contributed by atoms with Crippen LogP contribution in [0.3, 0.4) is 0 Å². The van der Waals surface area contributed by atoms with Crippen LogP contribution >= 0.6 is 11.6 Å². The number of ether oxygens (including phenoxy) is 1. The molecule has 0 aliphatic rings. The number of aryl methyl sites for hydroxylation is 2. The third kappa shape index (κ3) is 3.98. The van der Waals surface area contributed by atoms with E-state index in [-0.39, 0.29) is 5.41 Å². The molecule has 0 bridgehead atoms. The van der Waals surface area contributed by atoms with E-state index < -0.39 is 0 Å². The van der Waals surface area contributed by atoms with E-state index in [4.69, 9.17) is 16.3 Å². The van der Waals surface area contributed by atoms with Gasteiger partial charge in [0, 0.05) is 23.2 Å². The Labute approximate surface area is 132 Å². The van der Waals surface area contributed by atoms with Gasteiger partial charge in [-0.1, -0.05) is 32.9 Å². The Morgan fingerprint density at radius 3 is 2.43 bits per heavy atom. The van der Waals surface area contributed by atoms with Crippen LogP contribution in [0.1, 0.15) is 43.2 Å². The number of halogens is 1. The number of benzene rings is 1. The van der Waals surface area contributed by atoms with Crippen LogP contribution in [0.15, 0.2) is 30.3 Å². The maximum Gasteiger partial charge on any atom is 0.219 e. The van der Waals surface area contributed by atoms with Crippen LogP contribution in [0, 0.1) is 13.8 Å². The summed E-state index contributed by atoms with van der Waals surface area (Å²) in [5.41, 5.74) is 4.28. The Morgan fingerprint density at radius 2 is 1.81 bits per heavy atom. The maximum atomic E-state index is 6.07. The number of aromatic nitrogens is 1. The fraction of sp³-hybridized carbons (Fsp3) is 0.389. The van der Waals surface area contributed by atoms with Crippen molar-refractivity contribution in [3.63, 3.8) is 0 Å².